The highest BCUT2D eigenvalue weighted by molar-refractivity contribution is 5.87. The molecule has 1 unspecified atom stereocenters. The molecule has 208 valence electrons. The number of fused-ring (bicyclic) bond motifs is 1. The van der Waals surface area contributed by atoms with Crippen molar-refractivity contribution < 1.29 is 23.0 Å². The first-order chi connectivity index (χ1) is 19.1. The van der Waals surface area contributed by atoms with Crippen molar-refractivity contribution >= 4 is 34.7 Å². The van der Waals surface area contributed by atoms with Crippen LogP contribution in [0.1, 0.15) is 50.9 Å². The van der Waals surface area contributed by atoms with E-state index in [1.165, 1.54) is 36.0 Å². The molecule has 4 aromatic rings. The summed E-state index contributed by atoms with van der Waals surface area (Å²) in [6, 6.07) is 4.65. The number of hydrogen-bond acceptors (Lipinski definition) is 8. The maximum Gasteiger partial charge on any atom is 0.269 e. The van der Waals surface area contributed by atoms with Gasteiger partial charge >= 0.3 is 0 Å². The number of ether oxygens (including phenoxy) is 2. The fraction of sp³-hybridized carbons (Fsp3) is 0.385. The Labute approximate surface area is 228 Å². The number of amides is 1. The molecule has 5 heterocycles. The Morgan fingerprint density at radius 3 is 2.77 bits per heavy atom. The number of anilines is 3. The fourth-order valence-corrected chi connectivity index (χ4v) is 4.51. The number of imidazole rings is 1. The molecule has 1 amide bonds. The Morgan fingerprint density at radius 2 is 2.10 bits per heavy atom. The van der Waals surface area contributed by atoms with Gasteiger partial charge in [-0.25, -0.2) is 25.3 Å². The summed E-state index contributed by atoms with van der Waals surface area (Å²) in [5.41, 5.74) is -0.361. The normalized spacial score (nSPS) is 15.4. The van der Waals surface area contributed by atoms with Gasteiger partial charge in [-0.15, -0.1) is 0 Å². The van der Waals surface area contributed by atoms with E-state index in [9.17, 15) is 13.6 Å². The number of halogens is 2. The molecule has 1 atom stereocenters. The van der Waals surface area contributed by atoms with E-state index in [1.54, 1.807) is 17.8 Å². The molecule has 14 heteroatoms. The summed E-state index contributed by atoms with van der Waals surface area (Å²) in [6.07, 6.45) is 0.432. The molecule has 1 aliphatic rings. The molecule has 0 aromatic carbocycles. The third-order valence-electron chi connectivity index (χ3n) is 6.52. The average molecular weight is 552 g/mol. The van der Waals surface area contributed by atoms with Crippen molar-refractivity contribution in [2.24, 2.45) is 7.05 Å². The van der Waals surface area contributed by atoms with Gasteiger partial charge in [-0.2, -0.15) is 10.1 Å². The van der Waals surface area contributed by atoms with Crippen LogP contribution in [0.2, 0.25) is 0 Å². The second-order valence-corrected chi connectivity index (χ2v) is 9.84. The molecule has 2 N–H and O–H groups in total. The van der Waals surface area contributed by atoms with Crippen LogP contribution in [0.4, 0.5) is 26.4 Å². The molecule has 1 aliphatic heterocycles. The van der Waals surface area contributed by atoms with Gasteiger partial charge in [0.05, 0.1) is 24.4 Å². The Bertz CT molecular complexity index is 1620. The number of pyridine rings is 2. The third-order valence-corrected chi connectivity index (χ3v) is 6.52. The van der Waals surface area contributed by atoms with Crippen molar-refractivity contribution in [1.82, 2.24) is 29.3 Å². The minimum Gasteiger partial charge on any atom is -0.455 e. The lowest BCUT2D eigenvalue weighted by molar-refractivity contribution is -0.114. The summed E-state index contributed by atoms with van der Waals surface area (Å²) in [4.78, 5) is 27.8. The monoisotopic (exact) mass is 551 g/mol. The second-order valence-electron chi connectivity index (χ2n) is 9.84. The van der Waals surface area contributed by atoms with Gasteiger partial charge in [-0.05, 0) is 12.5 Å². The molecule has 1 fully saturated rings. The summed E-state index contributed by atoms with van der Waals surface area (Å²) in [7, 11) is 1.59. The summed E-state index contributed by atoms with van der Waals surface area (Å²) < 4.78 is 43.4. The number of carbonyl (C=O) groups is 1. The summed E-state index contributed by atoms with van der Waals surface area (Å²) in [6.45, 7) is 13.7. The number of rotatable bonds is 8. The Hall–Kier alpha value is -4.64. The first kappa shape index (κ1) is 26.9. The zero-order valence-corrected chi connectivity index (χ0v) is 22.3. The molecule has 0 bridgehead atoms. The van der Waals surface area contributed by atoms with E-state index < -0.39 is 17.5 Å². The number of hydrogen-bond donors (Lipinski definition) is 2. The average Bonchev–Trinajstić information content (AvgIpc) is 3.64. The largest absolute Gasteiger partial charge is 0.455 e. The standard InChI is InChI=1S/C26H27F2N9O3/c1-14(38)32-19-10-16(6-8-30-19)40-17-12-31-24-22(21(17)23(27)28)36(5)25(34-24)33-20-11-18(26(2,3)29-4)37(35-20)15-7-9-39-13-15/h6,8,10-12,15,23H,7,9,13H2,1-3,5H3,(H,30,32,38)(H,31,33,34,35). The highest BCUT2D eigenvalue weighted by Gasteiger charge is 2.35. The van der Waals surface area contributed by atoms with Crippen LogP contribution >= 0.6 is 0 Å². The molecule has 40 heavy (non-hydrogen) atoms. The number of nitrogens with zero attached hydrogens (tertiary/aromatic N) is 7. The summed E-state index contributed by atoms with van der Waals surface area (Å²) >= 11 is 0. The van der Waals surface area contributed by atoms with Crippen LogP contribution in [0.3, 0.4) is 0 Å². The van der Waals surface area contributed by atoms with E-state index in [-0.39, 0.29) is 46.4 Å². The minimum absolute atomic E-state index is 0.0156. The zero-order valence-electron chi connectivity index (χ0n) is 22.3. The summed E-state index contributed by atoms with van der Waals surface area (Å²) in [5, 5.41) is 10.3. The Balaban J connectivity index is 1.51. The zero-order chi connectivity index (χ0) is 28.6. The van der Waals surface area contributed by atoms with Gasteiger partial charge in [0.25, 0.3) is 12.0 Å². The summed E-state index contributed by atoms with van der Waals surface area (Å²) in [5.74, 6) is 0.561. The molecular weight excluding hydrogens is 524 g/mol. The lowest BCUT2D eigenvalue weighted by Crippen LogP contribution is -2.22. The lowest BCUT2D eigenvalue weighted by Gasteiger charge is -2.17. The SMILES string of the molecule is [C-]#[N+]C(C)(C)c1cc(Nc2nc3ncc(Oc4ccnc(NC(C)=O)c4)c(C(F)F)c3n2C)nn1C1CCOC1. The highest BCUT2D eigenvalue weighted by atomic mass is 19.3. The van der Waals surface area contributed by atoms with Gasteiger partial charge in [0.1, 0.15) is 22.8 Å². The van der Waals surface area contributed by atoms with Crippen LogP contribution in [-0.4, -0.2) is 48.4 Å². The predicted octanol–water partition coefficient (Wildman–Crippen LogP) is 5.11. The van der Waals surface area contributed by atoms with Crippen molar-refractivity contribution in [1.29, 1.82) is 0 Å². The molecule has 0 aliphatic carbocycles. The number of nitrogens with one attached hydrogen (secondary N) is 2. The third kappa shape index (κ3) is 5.15. The molecule has 0 radical (unpaired) electrons. The fourth-order valence-electron chi connectivity index (χ4n) is 4.51. The molecule has 0 saturated carbocycles. The van der Waals surface area contributed by atoms with Crippen molar-refractivity contribution in [2.75, 3.05) is 23.8 Å². The van der Waals surface area contributed by atoms with Crippen LogP contribution in [0.15, 0.2) is 30.6 Å². The molecule has 4 aromatic heterocycles. The Morgan fingerprint density at radius 1 is 1.30 bits per heavy atom. The number of aromatic nitrogens is 6. The van der Waals surface area contributed by atoms with E-state index in [2.05, 4.69) is 35.5 Å². The van der Waals surface area contributed by atoms with Crippen molar-refractivity contribution in [3.05, 3.63) is 53.3 Å². The first-order valence-electron chi connectivity index (χ1n) is 12.5. The van der Waals surface area contributed by atoms with Gasteiger partial charge in [0.2, 0.25) is 11.9 Å². The van der Waals surface area contributed by atoms with Gasteiger partial charge < -0.3 is 29.5 Å². The highest BCUT2D eigenvalue weighted by Crippen LogP contribution is 2.39. The molecular formula is C26H27F2N9O3. The molecule has 1 saturated heterocycles. The van der Waals surface area contributed by atoms with Gasteiger partial charge in [0.15, 0.2) is 17.2 Å². The Kier molecular flexibility index (Phi) is 7.07. The van der Waals surface area contributed by atoms with Crippen molar-refractivity contribution in [2.45, 2.75) is 45.2 Å². The van der Waals surface area contributed by atoms with Crippen LogP contribution in [-0.2, 0) is 22.1 Å². The predicted molar refractivity (Wildman–Crippen MR) is 142 cm³/mol. The van der Waals surface area contributed by atoms with E-state index in [1.807, 2.05) is 13.8 Å². The number of alkyl halides is 2. The van der Waals surface area contributed by atoms with Crippen LogP contribution in [0, 0.1) is 6.57 Å². The van der Waals surface area contributed by atoms with Gasteiger partial charge in [-0.3, -0.25) is 9.48 Å². The first-order valence-corrected chi connectivity index (χ1v) is 12.5. The van der Waals surface area contributed by atoms with E-state index >= 15 is 0 Å². The maximum atomic E-state index is 14.4. The van der Waals surface area contributed by atoms with E-state index in [0.29, 0.717) is 24.7 Å². The van der Waals surface area contributed by atoms with Gasteiger partial charge in [0, 0.05) is 52.8 Å². The lowest BCUT2D eigenvalue weighted by atomic mass is 10.0. The number of carbonyl (C=O) groups excluding carboxylic acids is 1. The minimum atomic E-state index is -2.91. The molecule has 12 nitrogen and oxygen atoms in total. The van der Waals surface area contributed by atoms with E-state index in [4.69, 9.17) is 16.0 Å². The van der Waals surface area contributed by atoms with Crippen LogP contribution in [0.25, 0.3) is 16.0 Å². The molecule has 5 rings (SSSR count). The van der Waals surface area contributed by atoms with Crippen LogP contribution < -0.4 is 15.4 Å². The molecule has 0 spiro atoms. The second kappa shape index (κ2) is 10.5. The van der Waals surface area contributed by atoms with Crippen molar-refractivity contribution in [3.63, 3.8) is 0 Å². The topological polar surface area (TPSA) is 125 Å². The number of aryl methyl sites for hydroxylation is 1. The van der Waals surface area contributed by atoms with Gasteiger partial charge in [-0.1, -0.05) is 0 Å². The maximum absolute atomic E-state index is 14.4. The van der Waals surface area contributed by atoms with E-state index in [0.717, 1.165) is 6.42 Å². The van der Waals surface area contributed by atoms with Crippen LogP contribution in [0.5, 0.6) is 11.5 Å². The van der Waals surface area contributed by atoms with Crippen molar-refractivity contribution in [3.8, 4) is 11.5 Å². The smallest absolute Gasteiger partial charge is 0.269 e. The quantitative estimate of drug-likeness (QED) is 0.290.